The van der Waals surface area contributed by atoms with E-state index in [1.54, 1.807) is 0 Å². The minimum absolute atomic E-state index is 0.0255. The van der Waals surface area contributed by atoms with Gasteiger partial charge in [-0.15, -0.1) is 0 Å². The van der Waals surface area contributed by atoms with Crippen LogP contribution in [0, 0.1) is 0 Å². The van der Waals surface area contributed by atoms with Crippen LogP contribution in [-0.2, 0) is 14.3 Å². The van der Waals surface area contributed by atoms with E-state index < -0.39 is 18.2 Å². The van der Waals surface area contributed by atoms with Gasteiger partial charge in [0.05, 0.1) is 25.2 Å². The van der Waals surface area contributed by atoms with Crippen molar-refractivity contribution < 1.29 is 24.5 Å². The molecule has 0 rings (SSSR count). The van der Waals surface area contributed by atoms with Crippen LogP contribution in [0.5, 0.6) is 0 Å². The fraction of sp³-hybridized carbons (Fsp3) is 0.698. The lowest BCUT2D eigenvalue weighted by atomic mass is 10.0. The predicted octanol–water partition coefficient (Wildman–Crippen LogP) is 14.4. The molecule has 0 heterocycles. The minimum Gasteiger partial charge on any atom is -0.462 e. The van der Waals surface area contributed by atoms with Crippen molar-refractivity contribution in [3.8, 4) is 0 Å². The van der Waals surface area contributed by atoms with Crippen LogP contribution in [0.15, 0.2) is 85.1 Å². The largest absolute Gasteiger partial charge is 0.462 e. The number of hydrogen-bond donors (Lipinski definition) is 3. The van der Waals surface area contributed by atoms with Crippen molar-refractivity contribution in [2.45, 2.75) is 232 Å². The number of hydrogen-bond acceptors (Lipinski definition) is 5. The summed E-state index contributed by atoms with van der Waals surface area (Å²) in [6.07, 6.45) is 59.3. The second-order valence-electron chi connectivity index (χ2n) is 16.1. The Bertz CT molecular complexity index is 1150. The summed E-state index contributed by atoms with van der Waals surface area (Å²) in [6, 6.07) is -0.728. The zero-order chi connectivity index (χ0) is 43.1. The highest BCUT2D eigenvalue weighted by atomic mass is 16.5. The Balaban J connectivity index is 4.73. The fourth-order valence-electron chi connectivity index (χ4n) is 6.79. The van der Waals surface area contributed by atoms with Crippen LogP contribution in [0.3, 0.4) is 0 Å². The summed E-state index contributed by atoms with van der Waals surface area (Å²) in [7, 11) is 0. The molecule has 0 saturated heterocycles. The molecular weight excluding hydrogens is 731 g/mol. The van der Waals surface area contributed by atoms with Gasteiger partial charge >= 0.3 is 5.97 Å². The molecule has 0 radical (unpaired) electrons. The van der Waals surface area contributed by atoms with Gasteiger partial charge in [0.1, 0.15) is 6.10 Å². The van der Waals surface area contributed by atoms with E-state index in [-0.39, 0.29) is 24.9 Å². The zero-order valence-corrected chi connectivity index (χ0v) is 38.4. The molecule has 0 bridgehead atoms. The molecule has 3 unspecified atom stereocenters. The average molecular weight is 822 g/mol. The molecule has 0 aliphatic rings. The quantitative estimate of drug-likeness (QED) is 0.0324. The summed E-state index contributed by atoms with van der Waals surface area (Å²) in [5.41, 5.74) is 0. The molecule has 3 atom stereocenters. The fourth-order valence-corrected chi connectivity index (χ4v) is 6.79. The molecule has 6 nitrogen and oxygen atoms in total. The second kappa shape index (κ2) is 46.1. The van der Waals surface area contributed by atoms with Crippen molar-refractivity contribution >= 4 is 11.9 Å². The molecule has 3 N–H and O–H groups in total. The first kappa shape index (κ1) is 56.0. The number of ether oxygens (including phenoxy) is 1. The maximum Gasteiger partial charge on any atom is 0.306 e. The summed E-state index contributed by atoms with van der Waals surface area (Å²) < 4.78 is 5.87. The molecule has 0 aliphatic carbocycles. The molecule has 0 spiro atoms. The molecule has 0 saturated carbocycles. The molecular formula is C53H91NO5. The maximum atomic E-state index is 13.1. The van der Waals surface area contributed by atoms with E-state index in [0.29, 0.717) is 25.7 Å². The van der Waals surface area contributed by atoms with Gasteiger partial charge in [-0.2, -0.15) is 0 Å². The van der Waals surface area contributed by atoms with Crippen LogP contribution in [0.4, 0.5) is 0 Å². The van der Waals surface area contributed by atoms with Crippen LogP contribution in [0.2, 0.25) is 0 Å². The Morgan fingerprint density at radius 3 is 1.41 bits per heavy atom. The third kappa shape index (κ3) is 41.6. The van der Waals surface area contributed by atoms with Gasteiger partial charge in [0, 0.05) is 6.42 Å². The number of carbonyl (C=O) groups excluding carboxylic acids is 2. The molecule has 0 aliphatic heterocycles. The van der Waals surface area contributed by atoms with Gasteiger partial charge in [0.2, 0.25) is 5.91 Å². The van der Waals surface area contributed by atoms with Gasteiger partial charge in [-0.3, -0.25) is 9.59 Å². The Morgan fingerprint density at radius 2 is 0.915 bits per heavy atom. The lowest BCUT2D eigenvalue weighted by molar-refractivity contribution is -0.151. The van der Waals surface area contributed by atoms with Crippen LogP contribution in [-0.4, -0.2) is 46.9 Å². The predicted molar refractivity (Wildman–Crippen MR) is 254 cm³/mol. The number of amides is 1. The van der Waals surface area contributed by atoms with Crippen LogP contribution >= 0.6 is 0 Å². The summed E-state index contributed by atoms with van der Waals surface area (Å²) in [4.78, 5) is 26.0. The number of nitrogens with one attached hydrogen (secondary N) is 1. The van der Waals surface area contributed by atoms with Crippen LogP contribution in [0.25, 0.3) is 0 Å². The van der Waals surface area contributed by atoms with Crippen molar-refractivity contribution in [3.05, 3.63) is 85.1 Å². The van der Waals surface area contributed by atoms with E-state index in [9.17, 15) is 19.8 Å². The molecule has 59 heavy (non-hydrogen) atoms. The summed E-state index contributed by atoms with van der Waals surface area (Å²) in [5, 5.41) is 23.6. The van der Waals surface area contributed by atoms with Crippen molar-refractivity contribution in [1.29, 1.82) is 0 Å². The highest BCUT2D eigenvalue weighted by Gasteiger charge is 2.24. The normalized spacial score (nSPS) is 14.1. The molecule has 0 aromatic rings. The summed E-state index contributed by atoms with van der Waals surface area (Å²) >= 11 is 0. The number of unbranched alkanes of at least 4 members (excludes halogenated alkanes) is 16. The first-order valence-electron chi connectivity index (χ1n) is 24.3. The van der Waals surface area contributed by atoms with Gasteiger partial charge in [0.15, 0.2) is 0 Å². The molecule has 0 aromatic heterocycles. The molecule has 0 fully saturated rings. The highest BCUT2D eigenvalue weighted by Crippen LogP contribution is 2.16. The smallest absolute Gasteiger partial charge is 0.306 e. The minimum atomic E-state index is -0.810. The lowest BCUT2D eigenvalue weighted by Crippen LogP contribution is -2.46. The van der Waals surface area contributed by atoms with Gasteiger partial charge in [-0.05, 0) is 96.3 Å². The van der Waals surface area contributed by atoms with E-state index >= 15 is 0 Å². The first-order chi connectivity index (χ1) is 29.0. The second-order valence-corrected chi connectivity index (χ2v) is 16.1. The van der Waals surface area contributed by atoms with Crippen molar-refractivity contribution in [2.75, 3.05) is 6.61 Å². The Kier molecular flexibility index (Phi) is 43.8. The molecule has 6 heteroatoms. The van der Waals surface area contributed by atoms with E-state index in [2.05, 4.69) is 111 Å². The maximum absolute atomic E-state index is 13.1. The van der Waals surface area contributed by atoms with Crippen LogP contribution < -0.4 is 5.32 Å². The zero-order valence-electron chi connectivity index (χ0n) is 38.4. The monoisotopic (exact) mass is 822 g/mol. The number of aliphatic hydroxyl groups excluding tert-OH is 2. The number of esters is 1. The van der Waals surface area contributed by atoms with Crippen molar-refractivity contribution in [3.63, 3.8) is 0 Å². The SMILES string of the molecule is CC/C=C/C/C=C/C/C=C/CCCCC(CC(=O)NC(CO)C(O)CCCCCCCCCCCCC)OC(=O)CCC/C=C\C/C=C\C/C=C\C/C=C\CCCCC. The van der Waals surface area contributed by atoms with Crippen molar-refractivity contribution in [1.82, 2.24) is 5.32 Å². The molecule has 0 aromatic carbocycles. The topological polar surface area (TPSA) is 95.9 Å². The summed E-state index contributed by atoms with van der Waals surface area (Å²) in [6.45, 7) is 6.29. The van der Waals surface area contributed by atoms with Crippen LogP contribution in [0.1, 0.15) is 213 Å². The first-order valence-corrected chi connectivity index (χ1v) is 24.3. The van der Waals surface area contributed by atoms with Gasteiger partial charge in [0.25, 0.3) is 0 Å². The Labute approximate surface area is 363 Å². The third-order valence-electron chi connectivity index (χ3n) is 10.5. The summed E-state index contributed by atoms with van der Waals surface area (Å²) in [5.74, 6) is -0.587. The molecule has 338 valence electrons. The lowest BCUT2D eigenvalue weighted by Gasteiger charge is -2.24. The standard InChI is InChI=1S/C53H91NO5/c1-4-7-10-13-16-19-22-24-25-26-27-28-31-34-37-40-43-46-53(58)59-49(44-41-38-35-32-30-23-20-17-14-11-8-5-2)47-52(57)54-50(48-55)51(56)45-42-39-36-33-29-21-18-15-12-9-6-3/h8,11,16-17,19-20,24-25,27-28,30,32,34,37,49-51,55-56H,4-7,9-10,12-15,18,21-23,26,29,31,33,35-36,38-48H2,1-3H3,(H,54,57)/b11-8+,19-16-,20-17+,25-24-,28-27-,32-30+,37-34-. The average Bonchev–Trinajstić information content (AvgIpc) is 3.23. The van der Waals surface area contributed by atoms with E-state index in [0.717, 1.165) is 83.5 Å². The van der Waals surface area contributed by atoms with Gasteiger partial charge in [-0.1, -0.05) is 189 Å². The van der Waals surface area contributed by atoms with E-state index in [1.807, 2.05) is 0 Å². The van der Waals surface area contributed by atoms with Crippen molar-refractivity contribution in [2.24, 2.45) is 0 Å². The molecule has 1 amide bonds. The number of carbonyl (C=O) groups is 2. The van der Waals surface area contributed by atoms with E-state index in [1.165, 1.54) is 77.0 Å². The highest BCUT2D eigenvalue weighted by molar-refractivity contribution is 5.77. The van der Waals surface area contributed by atoms with Gasteiger partial charge < -0.3 is 20.3 Å². The van der Waals surface area contributed by atoms with E-state index in [4.69, 9.17) is 4.74 Å². The third-order valence-corrected chi connectivity index (χ3v) is 10.5. The van der Waals surface area contributed by atoms with Gasteiger partial charge in [-0.25, -0.2) is 0 Å². The number of allylic oxidation sites excluding steroid dienone is 14. The number of rotatable bonds is 42. The Morgan fingerprint density at radius 1 is 0.508 bits per heavy atom. The Hall–Kier alpha value is -2.96. The number of aliphatic hydroxyl groups is 2.